The maximum absolute atomic E-state index is 12.9. The lowest BCUT2D eigenvalue weighted by atomic mass is 10.0. The number of hydrogen-bond acceptors (Lipinski definition) is 7. The van der Waals surface area contributed by atoms with E-state index in [-0.39, 0.29) is 24.0 Å². The molecule has 0 aromatic carbocycles. The molecule has 0 fully saturated rings. The average molecular weight is 471 g/mol. The van der Waals surface area contributed by atoms with Gasteiger partial charge in [0.25, 0.3) is 0 Å². The number of imidazole rings is 1. The number of aromatic nitrogens is 2. The number of nitrogens with zero attached hydrogens (tertiary/aromatic N) is 1. The number of H-pyrrole nitrogens is 1. The van der Waals surface area contributed by atoms with E-state index in [4.69, 9.17) is 5.73 Å². The number of carboxylic acids is 1. The Labute approximate surface area is 193 Å². The zero-order valence-electron chi connectivity index (χ0n) is 18.8. The highest BCUT2D eigenvalue weighted by Crippen LogP contribution is 2.08. The highest BCUT2D eigenvalue weighted by Gasteiger charge is 2.31. The van der Waals surface area contributed by atoms with E-state index >= 15 is 0 Å². The van der Waals surface area contributed by atoms with Crippen LogP contribution in [0, 0.1) is 11.8 Å². The van der Waals surface area contributed by atoms with Crippen molar-refractivity contribution in [2.75, 3.05) is 5.75 Å². The fourth-order valence-electron chi connectivity index (χ4n) is 2.94. The second kappa shape index (κ2) is 13.1. The zero-order valence-corrected chi connectivity index (χ0v) is 19.7. The van der Waals surface area contributed by atoms with Crippen molar-refractivity contribution >= 4 is 36.3 Å². The minimum Gasteiger partial charge on any atom is -0.480 e. The van der Waals surface area contributed by atoms with E-state index in [2.05, 4.69) is 38.5 Å². The van der Waals surface area contributed by atoms with Crippen LogP contribution in [-0.4, -0.2) is 68.7 Å². The third-order valence-corrected chi connectivity index (χ3v) is 5.08. The van der Waals surface area contributed by atoms with Crippen LogP contribution in [0.1, 0.15) is 39.8 Å². The predicted molar refractivity (Wildman–Crippen MR) is 122 cm³/mol. The number of hydrogen-bond donors (Lipinski definition) is 7. The lowest BCUT2D eigenvalue weighted by Gasteiger charge is -2.26. The van der Waals surface area contributed by atoms with Crippen molar-refractivity contribution in [2.24, 2.45) is 17.6 Å². The van der Waals surface area contributed by atoms with Crippen LogP contribution in [0.5, 0.6) is 0 Å². The van der Waals surface area contributed by atoms with Gasteiger partial charge >= 0.3 is 5.97 Å². The Morgan fingerprint density at radius 1 is 1.06 bits per heavy atom. The van der Waals surface area contributed by atoms with Gasteiger partial charge in [0.15, 0.2) is 0 Å². The summed E-state index contributed by atoms with van der Waals surface area (Å²) in [7, 11) is 0. The number of carbonyl (C=O) groups is 4. The smallest absolute Gasteiger partial charge is 0.326 e. The van der Waals surface area contributed by atoms with Crippen molar-refractivity contribution in [1.82, 2.24) is 25.9 Å². The number of carboxylic acid groups (broad SMARTS) is 1. The second-order valence-electron chi connectivity index (χ2n) is 8.39. The van der Waals surface area contributed by atoms with Crippen LogP contribution in [-0.2, 0) is 25.6 Å². The molecule has 11 nitrogen and oxygen atoms in total. The minimum atomic E-state index is -1.17. The summed E-state index contributed by atoms with van der Waals surface area (Å²) in [5, 5.41) is 16.9. The van der Waals surface area contributed by atoms with Gasteiger partial charge < -0.3 is 31.8 Å². The molecular formula is C20H34N6O5S. The summed E-state index contributed by atoms with van der Waals surface area (Å²) >= 11 is 4.11. The van der Waals surface area contributed by atoms with Crippen LogP contribution < -0.4 is 21.7 Å². The van der Waals surface area contributed by atoms with Gasteiger partial charge in [-0.3, -0.25) is 14.4 Å². The third kappa shape index (κ3) is 8.87. The Bertz CT molecular complexity index is 771. The molecule has 1 aromatic heterocycles. The Hall–Kier alpha value is -2.60. The number of rotatable bonds is 13. The molecule has 1 heterocycles. The number of nitrogens with one attached hydrogen (secondary N) is 4. The molecule has 32 heavy (non-hydrogen) atoms. The Balaban J connectivity index is 2.82. The number of carbonyl (C=O) groups excluding carboxylic acids is 3. The molecule has 12 heteroatoms. The summed E-state index contributed by atoms with van der Waals surface area (Å²) in [5.74, 6) is -3.27. The molecule has 1 rings (SSSR count). The molecule has 7 N–H and O–H groups in total. The van der Waals surface area contributed by atoms with Crippen LogP contribution in [0.3, 0.4) is 0 Å². The minimum absolute atomic E-state index is 0.0519. The number of amides is 3. The van der Waals surface area contributed by atoms with Gasteiger partial charge in [-0.1, -0.05) is 27.7 Å². The molecule has 0 saturated heterocycles. The first-order valence-corrected chi connectivity index (χ1v) is 11.1. The molecule has 4 atom stereocenters. The molecule has 4 unspecified atom stereocenters. The lowest BCUT2D eigenvalue weighted by Crippen LogP contribution is -2.58. The summed E-state index contributed by atoms with van der Waals surface area (Å²) < 4.78 is 0. The molecule has 0 bridgehead atoms. The van der Waals surface area contributed by atoms with Crippen molar-refractivity contribution < 1.29 is 24.3 Å². The van der Waals surface area contributed by atoms with Crippen molar-refractivity contribution in [3.05, 3.63) is 18.2 Å². The Kier molecular flexibility index (Phi) is 11.2. The summed E-state index contributed by atoms with van der Waals surface area (Å²) in [6, 6.07) is -4.00. The fourth-order valence-corrected chi connectivity index (χ4v) is 3.20. The third-order valence-electron chi connectivity index (χ3n) is 4.72. The van der Waals surface area contributed by atoms with E-state index in [0.717, 1.165) is 0 Å². The molecule has 1 aromatic rings. The van der Waals surface area contributed by atoms with E-state index < -0.39 is 47.9 Å². The van der Waals surface area contributed by atoms with E-state index in [0.29, 0.717) is 12.1 Å². The van der Waals surface area contributed by atoms with Crippen molar-refractivity contribution in [1.29, 1.82) is 0 Å². The van der Waals surface area contributed by atoms with Crippen LogP contribution in [0.2, 0.25) is 0 Å². The van der Waals surface area contributed by atoms with Gasteiger partial charge in [0, 0.05) is 24.1 Å². The lowest BCUT2D eigenvalue weighted by molar-refractivity contribution is -0.143. The van der Waals surface area contributed by atoms with Gasteiger partial charge in [0.1, 0.15) is 18.1 Å². The zero-order chi connectivity index (χ0) is 24.4. The maximum Gasteiger partial charge on any atom is 0.326 e. The van der Waals surface area contributed by atoms with Gasteiger partial charge in [-0.15, -0.1) is 0 Å². The number of aromatic amines is 1. The Morgan fingerprint density at radius 2 is 1.66 bits per heavy atom. The van der Waals surface area contributed by atoms with Crippen molar-refractivity contribution in [3.8, 4) is 0 Å². The predicted octanol–water partition coefficient (Wildman–Crippen LogP) is -0.550. The second-order valence-corrected chi connectivity index (χ2v) is 8.76. The molecule has 0 radical (unpaired) electrons. The van der Waals surface area contributed by atoms with Crippen LogP contribution in [0.15, 0.2) is 12.5 Å². The van der Waals surface area contributed by atoms with E-state index in [1.807, 2.05) is 13.8 Å². The molecule has 0 aliphatic carbocycles. The molecule has 0 saturated carbocycles. The van der Waals surface area contributed by atoms with Crippen molar-refractivity contribution in [3.63, 3.8) is 0 Å². The fraction of sp³-hybridized carbons (Fsp3) is 0.650. The maximum atomic E-state index is 12.9. The molecule has 180 valence electrons. The first kappa shape index (κ1) is 27.4. The van der Waals surface area contributed by atoms with Crippen LogP contribution in [0.25, 0.3) is 0 Å². The van der Waals surface area contributed by atoms with Crippen molar-refractivity contribution in [2.45, 2.75) is 64.7 Å². The van der Waals surface area contributed by atoms with E-state index in [1.165, 1.54) is 6.33 Å². The van der Waals surface area contributed by atoms with E-state index in [9.17, 15) is 24.3 Å². The van der Waals surface area contributed by atoms with Gasteiger partial charge in [0.05, 0.1) is 12.4 Å². The Morgan fingerprint density at radius 3 is 2.12 bits per heavy atom. The quantitative estimate of drug-likeness (QED) is 0.189. The summed E-state index contributed by atoms with van der Waals surface area (Å²) in [5.41, 5.74) is 6.63. The SMILES string of the molecule is CC(C)CC(NC(=O)C(N)Cc1cnc[nH]1)C(=O)NC(CS)C(=O)NC(C(=O)O)C(C)C. The topological polar surface area (TPSA) is 179 Å². The van der Waals surface area contributed by atoms with Gasteiger partial charge in [-0.05, 0) is 18.3 Å². The van der Waals surface area contributed by atoms with Crippen LogP contribution >= 0.6 is 12.6 Å². The molecular weight excluding hydrogens is 436 g/mol. The summed E-state index contributed by atoms with van der Waals surface area (Å²) in [6.45, 7) is 7.10. The largest absolute Gasteiger partial charge is 0.480 e. The van der Waals surface area contributed by atoms with Gasteiger partial charge in [-0.2, -0.15) is 12.6 Å². The first-order valence-electron chi connectivity index (χ1n) is 10.4. The number of aliphatic carboxylic acids is 1. The normalized spacial score (nSPS) is 15.0. The summed E-state index contributed by atoms with van der Waals surface area (Å²) in [6.07, 6.45) is 3.57. The number of thiol groups is 1. The van der Waals surface area contributed by atoms with E-state index in [1.54, 1.807) is 20.0 Å². The van der Waals surface area contributed by atoms with Gasteiger partial charge in [-0.25, -0.2) is 9.78 Å². The van der Waals surface area contributed by atoms with Crippen LogP contribution in [0.4, 0.5) is 0 Å². The highest BCUT2D eigenvalue weighted by atomic mass is 32.1. The molecule has 0 aliphatic heterocycles. The summed E-state index contributed by atoms with van der Waals surface area (Å²) in [4.78, 5) is 56.0. The molecule has 0 aliphatic rings. The number of nitrogens with two attached hydrogens (primary N) is 1. The molecule has 0 spiro atoms. The van der Waals surface area contributed by atoms with Gasteiger partial charge in [0.2, 0.25) is 17.7 Å². The standard InChI is InChI=1S/C20H34N6O5S/c1-10(2)5-14(24-17(27)13(21)6-12-7-22-9-23-12)18(28)25-15(8-32)19(29)26-16(11(3)4)20(30)31/h7,9-11,13-16,32H,5-6,8,21H2,1-4H3,(H,22,23)(H,24,27)(H,25,28)(H,26,29)(H,30,31). The highest BCUT2D eigenvalue weighted by molar-refractivity contribution is 7.80. The first-order chi connectivity index (χ1) is 15.0. The molecule has 3 amide bonds. The monoisotopic (exact) mass is 470 g/mol. The average Bonchev–Trinajstić information content (AvgIpc) is 3.21.